The Hall–Kier alpha value is -1.10. The van der Waals surface area contributed by atoms with E-state index in [1.54, 1.807) is 7.11 Å². The van der Waals surface area contributed by atoms with Crippen molar-refractivity contribution in [1.82, 2.24) is 10.6 Å². The van der Waals surface area contributed by atoms with E-state index in [-0.39, 0.29) is 23.9 Å². The molecular weight excluding hydrogens is 288 g/mol. The molecule has 0 spiro atoms. The molecule has 1 aromatic carbocycles. The minimum Gasteiger partial charge on any atom is -0.383 e. The Balaban J connectivity index is 0.00000220. The van der Waals surface area contributed by atoms with Crippen molar-refractivity contribution in [2.75, 3.05) is 26.8 Å². The van der Waals surface area contributed by atoms with Gasteiger partial charge in [0.15, 0.2) is 0 Å². The van der Waals surface area contributed by atoms with Crippen molar-refractivity contribution in [3.63, 3.8) is 0 Å². The Kier molecular flexibility index (Phi) is 7.72. The van der Waals surface area contributed by atoms with Crippen LogP contribution in [0, 0.1) is 0 Å². The first-order valence-electron chi connectivity index (χ1n) is 7.29. The first kappa shape index (κ1) is 18.0. The second kappa shape index (κ2) is 9.03. The SMILES string of the molecule is COCC1(CNC(=O)CCc2ccccc2)CCCN1.Cl. The van der Waals surface area contributed by atoms with Gasteiger partial charge in [0.05, 0.1) is 12.1 Å². The van der Waals surface area contributed by atoms with Crippen LogP contribution in [0.5, 0.6) is 0 Å². The molecule has 1 atom stereocenters. The third-order valence-corrected chi connectivity index (χ3v) is 3.86. The number of carbonyl (C=O) groups is 1. The molecule has 1 amide bonds. The van der Waals surface area contributed by atoms with Gasteiger partial charge in [-0.1, -0.05) is 30.3 Å². The van der Waals surface area contributed by atoms with Gasteiger partial charge in [0.25, 0.3) is 0 Å². The molecule has 21 heavy (non-hydrogen) atoms. The number of amides is 1. The molecule has 0 bridgehead atoms. The molecule has 1 unspecified atom stereocenters. The van der Waals surface area contributed by atoms with E-state index in [0.717, 1.165) is 25.8 Å². The number of halogens is 1. The van der Waals surface area contributed by atoms with Crippen molar-refractivity contribution in [3.05, 3.63) is 35.9 Å². The van der Waals surface area contributed by atoms with Crippen LogP contribution in [0.2, 0.25) is 0 Å². The zero-order chi connectivity index (χ0) is 14.3. The number of hydrogen-bond donors (Lipinski definition) is 2. The molecule has 0 aromatic heterocycles. The van der Waals surface area contributed by atoms with Crippen LogP contribution in [-0.2, 0) is 16.0 Å². The quantitative estimate of drug-likeness (QED) is 0.809. The average Bonchev–Trinajstić information content (AvgIpc) is 2.93. The van der Waals surface area contributed by atoms with Crippen LogP contribution in [0.3, 0.4) is 0 Å². The molecule has 0 saturated carbocycles. The van der Waals surface area contributed by atoms with E-state index >= 15 is 0 Å². The van der Waals surface area contributed by atoms with Crippen LogP contribution in [0.4, 0.5) is 0 Å². The molecule has 1 aliphatic heterocycles. The number of ether oxygens (including phenoxy) is 1. The largest absolute Gasteiger partial charge is 0.383 e. The van der Waals surface area contributed by atoms with Crippen LogP contribution in [-0.4, -0.2) is 38.3 Å². The number of rotatable bonds is 7. The normalized spacial score (nSPS) is 20.8. The van der Waals surface area contributed by atoms with Gasteiger partial charge in [-0.3, -0.25) is 4.79 Å². The van der Waals surface area contributed by atoms with Gasteiger partial charge in [0.2, 0.25) is 5.91 Å². The van der Waals surface area contributed by atoms with E-state index in [0.29, 0.717) is 19.6 Å². The summed E-state index contributed by atoms with van der Waals surface area (Å²) < 4.78 is 5.28. The smallest absolute Gasteiger partial charge is 0.220 e. The molecular formula is C16H25ClN2O2. The van der Waals surface area contributed by atoms with Crippen molar-refractivity contribution >= 4 is 18.3 Å². The molecule has 1 heterocycles. The van der Waals surface area contributed by atoms with Gasteiger partial charge < -0.3 is 15.4 Å². The fraction of sp³-hybridized carbons (Fsp3) is 0.562. The Labute approximate surface area is 133 Å². The highest BCUT2D eigenvalue weighted by Gasteiger charge is 2.33. The fourth-order valence-electron chi connectivity index (χ4n) is 2.73. The topological polar surface area (TPSA) is 50.4 Å². The standard InChI is InChI=1S/C16H24N2O2.ClH/c1-20-13-16(10-5-11-18-16)12-17-15(19)9-8-14-6-3-2-4-7-14;/h2-4,6-7,18H,5,8-13H2,1H3,(H,17,19);1H. The number of methoxy groups -OCH3 is 1. The highest BCUT2D eigenvalue weighted by atomic mass is 35.5. The van der Waals surface area contributed by atoms with Gasteiger partial charge in [-0.25, -0.2) is 0 Å². The summed E-state index contributed by atoms with van der Waals surface area (Å²) in [5, 5.41) is 6.50. The minimum atomic E-state index is -0.0723. The summed E-state index contributed by atoms with van der Waals surface area (Å²) in [6, 6.07) is 10.1. The van der Waals surface area contributed by atoms with Gasteiger partial charge in [0.1, 0.15) is 0 Å². The van der Waals surface area contributed by atoms with Crippen LogP contribution in [0.15, 0.2) is 30.3 Å². The Morgan fingerprint density at radius 1 is 1.38 bits per heavy atom. The van der Waals surface area contributed by atoms with Crippen molar-refractivity contribution in [2.45, 2.75) is 31.2 Å². The number of hydrogen-bond acceptors (Lipinski definition) is 3. The molecule has 1 saturated heterocycles. The van der Waals surface area contributed by atoms with Crippen molar-refractivity contribution < 1.29 is 9.53 Å². The molecule has 1 aliphatic rings. The zero-order valence-electron chi connectivity index (χ0n) is 12.6. The summed E-state index contributed by atoms with van der Waals surface area (Å²) in [5.74, 6) is 0.109. The second-order valence-corrected chi connectivity index (χ2v) is 5.51. The summed E-state index contributed by atoms with van der Waals surface area (Å²) in [6.07, 6.45) is 3.52. The molecule has 2 N–H and O–H groups in total. The van der Waals surface area contributed by atoms with Gasteiger partial charge in [-0.2, -0.15) is 0 Å². The van der Waals surface area contributed by atoms with E-state index in [1.807, 2.05) is 18.2 Å². The highest BCUT2D eigenvalue weighted by molar-refractivity contribution is 5.85. The van der Waals surface area contributed by atoms with Gasteiger partial charge in [-0.15, -0.1) is 12.4 Å². The maximum Gasteiger partial charge on any atom is 0.220 e. The maximum atomic E-state index is 11.9. The number of nitrogens with one attached hydrogen (secondary N) is 2. The van der Waals surface area contributed by atoms with Gasteiger partial charge in [-0.05, 0) is 31.4 Å². The predicted octanol–water partition coefficient (Wildman–Crippen LogP) is 1.93. The van der Waals surface area contributed by atoms with Crippen molar-refractivity contribution in [2.24, 2.45) is 0 Å². The molecule has 1 aromatic rings. The van der Waals surface area contributed by atoms with Gasteiger partial charge >= 0.3 is 0 Å². The third kappa shape index (κ3) is 5.65. The summed E-state index contributed by atoms with van der Waals surface area (Å²) in [4.78, 5) is 11.9. The first-order valence-corrected chi connectivity index (χ1v) is 7.29. The van der Waals surface area contributed by atoms with Crippen LogP contribution in [0.1, 0.15) is 24.8 Å². The van der Waals surface area contributed by atoms with E-state index in [1.165, 1.54) is 5.56 Å². The second-order valence-electron chi connectivity index (χ2n) is 5.51. The maximum absolute atomic E-state index is 11.9. The number of aryl methyl sites for hydroxylation is 1. The van der Waals surface area contributed by atoms with Crippen molar-refractivity contribution in [1.29, 1.82) is 0 Å². The van der Waals surface area contributed by atoms with E-state index in [9.17, 15) is 4.79 Å². The highest BCUT2D eigenvalue weighted by Crippen LogP contribution is 2.18. The lowest BCUT2D eigenvalue weighted by atomic mass is 9.98. The van der Waals surface area contributed by atoms with Gasteiger partial charge in [0, 0.05) is 20.1 Å². The van der Waals surface area contributed by atoms with E-state index < -0.39 is 0 Å². The molecule has 2 rings (SSSR count). The zero-order valence-corrected chi connectivity index (χ0v) is 13.4. The summed E-state index contributed by atoms with van der Waals surface area (Å²) in [6.45, 7) is 2.30. The molecule has 0 radical (unpaired) electrons. The van der Waals surface area contributed by atoms with Crippen LogP contribution in [0.25, 0.3) is 0 Å². The third-order valence-electron chi connectivity index (χ3n) is 3.86. The summed E-state index contributed by atoms with van der Waals surface area (Å²) >= 11 is 0. The summed E-state index contributed by atoms with van der Waals surface area (Å²) in [5.41, 5.74) is 1.13. The average molecular weight is 313 g/mol. The van der Waals surface area contributed by atoms with Crippen molar-refractivity contribution in [3.8, 4) is 0 Å². The van der Waals surface area contributed by atoms with Crippen LogP contribution < -0.4 is 10.6 Å². The Morgan fingerprint density at radius 2 is 2.14 bits per heavy atom. The van der Waals surface area contributed by atoms with Crippen LogP contribution >= 0.6 is 12.4 Å². The fourth-order valence-corrected chi connectivity index (χ4v) is 2.73. The first-order chi connectivity index (χ1) is 9.74. The summed E-state index contributed by atoms with van der Waals surface area (Å²) in [7, 11) is 1.71. The Bertz CT molecular complexity index is 420. The molecule has 5 heteroatoms. The molecule has 118 valence electrons. The monoisotopic (exact) mass is 312 g/mol. The lowest BCUT2D eigenvalue weighted by Crippen LogP contribution is -2.53. The number of carbonyl (C=O) groups excluding carboxylic acids is 1. The lowest BCUT2D eigenvalue weighted by molar-refractivity contribution is -0.121. The minimum absolute atomic E-state index is 0. The number of benzene rings is 1. The van der Waals surface area contributed by atoms with E-state index in [2.05, 4.69) is 22.8 Å². The predicted molar refractivity (Wildman–Crippen MR) is 86.9 cm³/mol. The Morgan fingerprint density at radius 3 is 2.76 bits per heavy atom. The lowest BCUT2D eigenvalue weighted by Gasteiger charge is -2.29. The molecule has 4 nitrogen and oxygen atoms in total. The molecule has 1 fully saturated rings. The molecule has 0 aliphatic carbocycles. The van der Waals surface area contributed by atoms with E-state index in [4.69, 9.17) is 4.74 Å².